The minimum absolute atomic E-state index is 0.0238. The molecule has 0 bridgehead atoms. The summed E-state index contributed by atoms with van der Waals surface area (Å²) in [5.41, 5.74) is 6.22. The van der Waals surface area contributed by atoms with Crippen molar-refractivity contribution in [3.8, 4) is 0 Å². The first-order valence-corrected chi connectivity index (χ1v) is 7.86. The van der Waals surface area contributed by atoms with Gasteiger partial charge in [0.2, 0.25) is 10.0 Å². The van der Waals surface area contributed by atoms with Crippen molar-refractivity contribution in [2.75, 3.05) is 12.8 Å². The lowest BCUT2D eigenvalue weighted by Crippen LogP contribution is -2.30. The van der Waals surface area contributed by atoms with Gasteiger partial charge in [-0.15, -0.1) is 0 Å². The fourth-order valence-electron chi connectivity index (χ4n) is 2.09. The third kappa shape index (κ3) is 2.91. The van der Waals surface area contributed by atoms with Gasteiger partial charge in [0, 0.05) is 18.7 Å². The molecule has 0 saturated heterocycles. The highest BCUT2D eigenvalue weighted by atomic mass is 32.2. The smallest absolute Gasteiger partial charge is 0.245 e. The highest BCUT2D eigenvalue weighted by molar-refractivity contribution is 7.89. The quantitative estimate of drug-likeness (QED) is 0.883. The van der Waals surface area contributed by atoms with E-state index in [0.29, 0.717) is 5.56 Å². The van der Waals surface area contributed by atoms with E-state index in [2.05, 4.69) is 0 Å². The second kappa shape index (κ2) is 5.83. The molecule has 0 aliphatic rings. The van der Waals surface area contributed by atoms with Gasteiger partial charge in [0.1, 0.15) is 10.7 Å². The van der Waals surface area contributed by atoms with E-state index in [9.17, 15) is 12.8 Å². The van der Waals surface area contributed by atoms with Gasteiger partial charge in [0.25, 0.3) is 0 Å². The van der Waals surface area contributed by atoms with Crippen LogP contribution in [0.15, 0.2) is 53.4 Å². The van der Waals surface area contributed by atoms with E-state index in [1.807, 2.05) is 0 Å². The molecule has 0 aliphatic heterocycles. The van der Waals surface area contributed by atoms with Gasteiger partial charge in [0.05, 0.1) is 5.69 Å². The van der Waals surface area contributed by atoms with Crippen molar-refractivity contribution < 1.29 is 12.8 Å². The lowest BCUT2D eigenvalue weighted by molar-refractivity contribution is 0.388. The third-order valence-corrected chi connectivity index (χ3v) is 5.48. The van der Waals surface area contributed by atoms with Crippen LogP contribution in [0, 0.1) is 5.82 Å². The Balaban J connectivity index is 2.42. The van der Waals surface area contributed by atoms with Crippen LogP contribution in [-0.4, -0.2) is 19.8 Å². The molecule has 2 rings (SSSR count). The minimum atomic E-state index is -3.79. The fraction of sp³-hybridized carbons (Fsp3) is 0.200. The van der Waals surface area contributed by atoms with Gasteiger partial charge in [-0.3, -0.25) is 0 Å². The van der Waals surface area contributed by atoms with E-state index < -0.39 is 21.9 Å². The SMILES string of the molecule is CC(c1ccccc1F)N(C)S(=O)(=O)c1ccccc1N. The fourth-order valence-corrected chi connectivity index (χ4v) is 3.55. The summed E-state index contributed by atoms with van der Waals surface area (Å²) in [7, 11) is -2.38. The van der Waals surface area contributed by atoms with Crippen LogP contribution >= 0.6 is 0 Å². The molecule has 2 N–H and O–H groups in total. The number of sulfonamides is 1. The van der Waals surface area contributed by atoms with Crippen molar-refractivity contribution in [2.45, 2.75) is 17.9 Å². The van der Waals surface area contributed by atoms with E-state index in [1.165, 1.54) is 25.2 Å². The number of hydrogen-bond acceptors (Lipinski definition) is 3. The molecule has 112 valence electrons. The minimum Gasteiger partial charge on any atom is -0.398 e. The van der Waals surface area contributed by atoms with Crippen LogP contribution in [0.25, 0.3) is 0 Å². The monoisotopic (exact) mass is 308 g/mol. The van der Waals surface area contributed by atoms with Crippen LogP contribution in [0.4, 0.5) is 10.1 Å². The van der Waals surface area contributed by atoms with Gasteiger partial charge in [0.15, 0.2) is 0 Å². The topological polar surface area (TPSA) is 63.4 Å². The van der Waals surface area contributed by atoms with Crippen molar-refractivity contribution in [2.24, 2.45) is 0 Å². The molecule has 1 unspecified atom stereocenters. The number of rotatable bonds is 4. The van der Waals surface area contributed by atoms with Crippen LogP contribution in [0.1, 0.15) is 18.5 Å². The van der Waals surface area contributed by atoms with E-state index in [4.69, 9.17) is 5.73 Å². The number of para-hydroxylation sites is 1. The van der Waals surface area contributed by atoms with Crippen molar-refractivity contribution in [3.05, 3.63) is 59.9 Å². The van der Waals surface area contributed by atoms with Gasteiger partial charge in [-0.1, -0.05) is 30.3 Å². The number of halogens is 1. The van der Waals surface area contributed by atoms with E-state index in [0.717, 1.165) is 4.31 Å². The lowest BCUT2D eigenvalue weighted by Gasteiger charge is -2.25. The summed E-state index contributed by atoms with van der Waals surface area (Å²) < 4.78 is 40.2. The largest absolute Gasteiger partial charge is 0.398 e. The molecule has 1 atom stereocenters. The molecule has 0 radical (unpaired) electrons. The zero-order valence-corrected chi connectivity index (χ0v) is 12.6. The Morgan fingerprint density at radius 3 is 2.29 bits per heavy atom. The summed E-state index contributed by atoms with van der Waals surface area (Å²) in [6.45, 7) is 1.63. The molecule has 0 saturated carbocycles. The molecular formula is C15H17FN2O2S. The Kier molecular flexibility index (Phi) is 4.29. The maximum absolute atomic E-state index is 13.8. The zero-order valence-electron chi connectivity index (χ0n) is 11.8. The standard InChI is InChI=1S/C15H17FN2O2S/c1-11(12-7-3-4-8-13(12)16)18(2)21(19,20)15-10-6-5-9-14(15)17/h3-11H,17H2,1-2H3. The maximum atomic E-state index is 13.8. The van der Waals surface area contributed by atoms with Crippen LogP contribution in [-0.2, 0) is 10.0 Å². The molecular weight excluding hydrogens is 291 g/mol. The third-order valence-electron chi connectivity index (χ3n) is 3.48. The molecule has 21 heavy (non-hydrogen) atoms. The molecule has 0 aromatic heterocycles. The molecule has 6 heteroatoms. The number of nitrogens with zero attached hydrogens (tertiary/aromatic N) is 1. The second-order valence-electron chi connectivity index (χ2n) is 4.76. The van der Waals surface area contributed by atoms with Crippen LogP contribution in [0.3, 0.4) is 0 Å². The summed E-state index contributed by atoms with van der Waals surface area (Å²) >= 11 is 0. The van der Waals surface area contributed by atoms with Gasteiger partial charge < -0.3 is 5.73 Å². The van der Waals surface area contributed by atoms with Crippen molar-refractivity contribution in [3.63, 3.8) is 0 Å². The van der Waals surface area contributed by atoms with E-state index >= 15 is 0 Å². The number of anilines is 1. The Bertz CT molecular complexity index is 747. The summed E-state index contributed by atoms with van der Waals surface area (Å²) in [5.74, 6) is -0.437. The molecule has 0 aliphatic carbocycles. The Morgan fingerprint density at radius 1 is 1.10 bits per heavy atom. The van der Waals surface area contributed by atoms with Gasteiger partial charge >= 0.3 is 0 Å². The second-order valence-corrected chi connectivity index (χ2v) is 6.72. The summed E-state index contributed by atoms with van der Waals surface area (Å²) in [4.78, 5) is 0.0238. The summed E-state index contributed by atoms with van der Waals surface area (Å²) in [6.07, 6.45) is 0. The number of nitrogens with two attached hydrogens (primary N) is 1. The average Bonchev–Trinajstić information content (AvgIpc) is 2.46. The highest BCUT2D eigenvalue weighted by Gasteiger charge is 2.28. The molecule has 2 aromatic rings. The molecule has 2 aromatic carbocycles. The molecule has 0 spiro atoms. The normalized spacial score (nSPS) is 13.3. The molecule has 4 nitrogen and oxygen atoms in total. The van der Waals surface area contributed by atoms with Crippen molar-refractivity contribution >= 4 is 15.7 Å². The van der Waals surface area contributed by atoms with Crippen molar-refractivity contribution in [1.82, 2.24) is 4.31 Å². The Hall–Kier alpha value is -1.92. The predicted octanol–water partition coefficient (Wildman–Crippen LogP) is 2.79. The highest BCUT2D eigenvalue weighted by Crippen LogP contribution is 2.29. The van der Waals surface area contributed by atoms with Crippen LogP contribution in [0.5, 0.6) is 0 Å². The first-order chi connectivity index (χ1) is 9.85. The first kappa shape index (κ1) is 15.5. The zero-order chi connectivity index (χ0) is 15.6. The van der Waals surface area contributed by atoms with E-state index in [-0.39, 0.29) is 10.6 Å². The number of hydrogen-bond donors (Lipinski definition) is 1. The van der Waals surface area contributed by atoms with Gasteiger partial charge in [-0.05, 0) is 25.1 Å². The maximum Gasteiger partial charge on any atom is 0.245 e. The van der Waals surface area contributed by atoms with Crippen LogP contribution < -0.4 is 5.73 Å². The van der Waals surface area contributed by atoms with Crippen LogP contribution in [0.2, 0.25) is 0 Å². The molecule has 0 amide bonds. The average molecular weight is 308 g/mol. The number of nitrogen functional groups attached to an aromatic ring is 1. The Labute approximate surface area is 124 Å². The lowest BCUT2D eigenvalue weighted by atomic mass is 10.1. The predicted molar refractivity (Wildman–Crippen MR) is 80.6 cm³/mol. The molecule has 0 heterocycles. The van der Waals surface area contributed by atoms with E-state index in [1.54, 1.807) is 37.3 Å². The molecule has 0 fully saturated rings. The Morgan fingerprint density at radius 2 is 1.67 bits per heavy atom. The van der Waals surface area contributed by atoms with Gasteiger partial charge in [-0.25, -0.2) is 12.8 Å². The summed E-state index contributed by atoms with van der Waals surface area (Å²) in [6, 6.07) is 11.7. The van der Waals surface area contributed by atoms with Gasteiger partial charge in [-0.2, -0.15) is 4.31 Å². The summed E-state index contributed by atoms with van der Waals surface area (Å²) in [5, 5.41) is 0. The first-order valence-electron chi connectivity index (χ1n) is 6.42. The number of benzene rings is 2. The van der Waals surface area contributed by atoms with Crippen molar-refractivity contribution in [1.29, 1.82) is 0 Å².